The summed E-state index contributed by atoms with van der Waals surface area (Å²) >= 11 is 0. The number of nitrogens with zero attached hydrogens (tertiary/aromatic N) is 2. The van der Waals surface area contributed by atoms with Gasteiger partial charge in [-0.25, -0.2) is 0 Å². The van der Waals surface area contributed by atoms with Crippen LogP contribution in [0.15, 0.2) is 18.3 Å². The predicted octanol–water partition coefficient (Wildman–Crippen LogP) is 1.86. The Kier molecular flexibility index (Phi) is 4.19. The maximum absolute atomic E-state index is 11.0. The van der Waals surface area contributed by atoms with E-state index in [-0.39, 0.29) is 22.7 Å². The summed E-state index contributed by atoms with van der Waals surface area (Å²) in [5.41, 5.74) is -0.395. The summed E-state index contributed by atoms with van der Waals surface area (Å²) in [5.74, 6) is 0.157. The van der Waals surface area contributed by atoms with Crippen LogP contribution in [0, 0.1) is 20.2 Å². The molecule has 0 unspecified atom stereocenters. The van der Waals surface area contributed by atoms with E-state index in [0.29, 0.717) is 6.20 Å². The quantitative estimate of drug-likeness (QED) is 0.586. The van der Waals surface area contributed by atoms with Gasteiger partial charge in [-0.15, -0.1) is 0 Å². The van der Waals surface area contributed by atoms with Crippen LogP contribution in [0.4, 0.5) is 5.69 Å². The maximum Gasteiger partial charge on any atom is 0.322 e. The third-order valence-electron chi connectivity index (χ3n) is 2.13. The maximum atomic E-state index is 11.0. The predicted molar refractivity (Wildman–Crippen MR) is 62.2 cm³/mol. The molecule has 1 aromatic rings. The highest BCUT2D eigenvalue weighted by Gasteiger charge is 2.23. The minimum atomic E-state index is -0.720. The lowest BCUT2D eigenvalue weighted by Crippen LogP contribution is -1.99. The van der Waals surface area contributed by atoms with Gasteiger partial charge in [0.15, 0.2) is 5.75 Å². The fraction of sp³-hybridized carbons (Fsp3) is 0.200. The third kappa shape index (κ3) is 2.73. The summed E-state index contributed by atoms with van der Waals surface area (Å²) in [7, 11) is 2.59. The molecular formula is C10H10N2O6. The normalized spacial score (nSPS) is 10.3. The smallest absolute Gasteiger partial charge is 0.322 e. The first-order chi connectivity index (χ1) is 8.51. The lowest BCUT2D eigenvalue weighted by atomic mass is 10.1. The number of methoxy groups -OCH3 is 2. The van der Waals surface area contributed by atoms with Crippen LogP contribution in [0.1, 0.15) is 5.56 Å². The highest BCUT2D eigenvalue weighted by Crippen LogP contribution is 2.37. The van der Waals surface area contributed by atoms with Crippen LogP contribution >= 0.6 is 0 Å². The zero-order valence-corrected chi connectivity index (χ0v) is 9.65. The Morgan fingerprint density at radius 1 is 1.11 bits per heavy atom. The Labute approximate surface area is 102 Å². The zero-order chi connectivity index (χ0) is 13.7. The van der Waals surface area contributed by atoms with Gasteiger partial charge in [-0.1, -0.05) is 0 Å². The second kappa shape index (κ2) is 5.62. The molecule has 8 heteroatoms. The van der Waals surface area contributed by atoms with Gasteiger partial charge in [0.05, 0.1) is 24.1 Å². The lowest BCUT2D eigenvalue weighted by molar-refractivity contribution is -0.401. The number of nitro benzene ring substituents is 1. The summed E-state index contributed by atoms with van der Waals surface area (Å²) < 4.78 is 9.79. The molecule has 0 atom stereocenters. The summed E-state index contributed by atoms with van der Waals surface area (Å²) in [6, 6.07) is 2.80. The minimum absolute atomic E-state index is 0.00352. The van der Waals surface area contributed by atoms with Crippen LogP contribution in [0.2, 0.25) is 0 Å². The highest BCUT2D eigenvalue weighted by atomic mass is 16.6. The Bertz CT molecular complexity index is 511. The molecular weight excluding hydrogens is 244 g/mol. The van der Waals surface area contributed by atoms with Gasteiger partial charge in [0.25, 0.3) is 0 Å². The van der Waals surface area contributed by atoms with Crippen molar-refractivity contribution in [2.45, 2.75) is 0 Å². The summed E-state index contributed by atoms with van der Waals surface area (Å²) in [6.45, 7) is 0. The van der Waals surface area contributed by atoms with E-state index < -0.39 is 9.85 Å². The van der Waals surface area contributed by atoms with Gasteiger partial charge in [0.1, 0.15) is 11.3 Å². The van der Waals surface area contributed by atoms with Gasteiger partial charge in [-0.3, -0.25) is 20.2 Å². The fourth-order valence-corrected chi connectivity index (χ4v) is 1.40. The molecule has 0 aromatic heterocycles. The molecule has 0 aliphatic carbocycles. The SMILES string of the molecule is COc1ccc(OC)c([N+](=O)[O-])c1/C=C/[N+](=O)[O-]. The molecule has 0 heterocycles. The number of hydrogen-bond acceptors (Lipinski definition) is 6. The summed E-state index contributed by atoms with van der Waals surface area (Å²) in [4.78, 5) is 19.9. The summed E-state index contributed by atoms with van der Waals surface area (Å²) in [5, 5.41) is 21.3. The average molecular weight is 254 g/mol. The first kappa shape index (κ1) is 13.4. The van der Waals surface area contributed by atoms with Crippen molar-refractivity contribution in [3.63, 3.8) is 0 Å². The molecule has 0 saturated carbocycles. The molecule has 96 valence electrons. The van der Waals surface area contributed by atoms with Gasteiger partial charge >= 0.3 is 5.69 Å². The Morgan fingerprint density at radius 2 is 1.67 bits per heavy atom. The largest absolute Gasteiger partial charge is 0.496 e. The van der Waals surface area contributed by atoms with Crippen LogP contribution in [0.25, 0.3) is 6.08 Å². The van der Waals surface area contributed by atoms with Gasteiger partial charge in [0, 0.05) is 6.08 Å². The van der Waals surface area contributed by atoms with Crippen LogP contribution < -0.4 is 9.47 Å². The van der Waals surface area contributed by atoms with E-state index in [1.807, 2.05) is 0 Å². The second-order valence-electron chi connectivity index (χ2n) is 3.09. The molecule has 0 N–H and O–H groups in total. The van der Waals surface area contributed by atoms with Gasteiger partial charge in [0.2, 0.25) is 6.20 Å². The van der Waals surface area contributed by atoms with Crippen LogP contribution in [0.5, 0.6) is 11.5 Å². The second-order valence-corrected chi connectivity index (χ2v) is 3.09. The van der Waals surface area contributed by atoms with Gasteiger partial charge in [-0.05, 0) is 12.1 Å². The molecule has 0 radical (unpaired) electrons. The highest BCUT2D eigenvalue weighted by molar-refractivity contribution is 5.71. The van der Waals surface area contributed by atoms with Crippen molar-refractivity contribution in [3.8, 4) is 11.5 Å². The third-order valence-corrected chi connectivity index (χ3v) is 2.13. The van der Waals surface area contributed by atoms with E-state index in [4.69, 9.17) is 9.47 Å². The monoisotopic (exact) mass is 254 g/mol. The van der Waals surface area contributed by atoms with Crippen molar-refractivity contribution in [1.82, 2.24) is 0 Å². The number of nitro groups is 2. The Hall–Kier alpha value is -2.64. The molecule has 0 amide bonds. The Balaban J connectivity index is 3.50. The molecule has 1 rings (SSSR count). The molecule has 0 aliphatic heterocycles. The van der Waals surface area contributed by atoms with E-state index in [9.17, 15) is 20.2 Å². The first-order valence-corrected chi connectivity index (χ1v) is 4.72. The number of benzene rings is 1. The number of ether oxygens (including phenoxy) is 2. The van der Waals surface area contributed by atoms with E-state index >= 15 is 0 Å². The van der Waals surface area contributed by atoms with Crippen molar-refractivity contribution in [3.05, 3.63) is 44.1 Å². The van der Waals surface area contributed by atoms with Crippen molar-refractivity contribution in [2.75, 3.05) is 14.2 Å². The standard InChI is InChI=1S/C10H10N2O6/c1-17-8-3-4-9(18-2)10(12(15)16)7(8)5-6-11(13)14/h3-6H,1-2H3/b6-5+. The van der Waals surface area contributed by atoms with Gasteiger partial charge in [-0.2, -0.15) is 0 Å². The topological polar surface area (TPSA) is 105 Å². The average Bonchev–Trinajstić information content (AvgIpc) is 2.34. The first-order valence-electron chi connectivity index (χ1n) is 4.72. The van der Waals surface area contributed by atoms with Crippen molar-refractivity contribution >= 4 is 11.8 Å². The van der Waals surface area contributed by atoms with Crippen LogP contribution in [0.3, 0.4) is 0 Å². The molecule has 18 heavy (non-hydrogen) atoms. The van der Waals surface area contributed by atoms with Crippen molar-refractivity contribution < 1.29 is 19.3 Å². The molecule has 0 saturated heterocycles. The number of hydrogen-bond donors (Lipinski definition) is 0. The van der Waals surface area contributed by atoms with Crippen LogP contribution in [-0.2, 0) is 0 Å². The molecule has 0 spiro atoms. The van der Waals surface area contributed by atoms with E-state index in [1.54, 1.807) is 0 Å². The van der Waals surface area contributed by atoms with Crippen molar-refractivity contribution in [1.29, 1.82) is 0 Å². The van der Waals surface area contributed by atoms with E-state index in [2.05, 4.69) is 0 Å². The molecule has 0 fully saturated rings. The lowest BCUT2D eigenvalue weighted by Gasteiger charge is -2.08. The van der Waals surface area contributed by atoms with Gasteiger partial charge < -0.3 is 9.47 Å². The molecule has 1 aromatic carbocycles. The zero-order valence-electron chi connectivity index (χ0n) is 9.65. The van der Waals surface area contributed by atoms with Crippen molar-refractivity contribution in [2.24, 2.45) is 0 Å². The minimum Gasteiger partial charge on any atom is -0.496 e. The van der Waals surface area contributed by atoms with E-state index in [0.717, 1.165) is 6.08 Å². The molecule has 0 aliphatic rings. The Morgan fingerprint density at radius 3 is 2.11 bits per heavy atom. The molecule has 0 bridgehead atoms. The summed E-state index contributed by atoms with van der Waals surface area (Å²) in [6.07, 6.45) is 1.60. The fourth-order valence-electron chi connectivity index (χ4n) is 1.40. The molecule has 8 nitrogen and oxygen atoms in total. The van der Waals surface area contributed by atoms with E-state index in [1.165, 1.54) is 26.4 Å². The number of rotatable bonds is 5. The van der Waals surface area contributed by atoms with Crippen LogP contribution in [-0.4, -0.2) is 24.1 Å².